The number of allylic oxidation sites excluding steroid dienone is 1. The van der Waals surface area contributed by atoms with Gasteiger partial charge in [0, 0.05) is 6.42 Å². The number of aliphatic hydroxyl groups is 1. The maximum atomic E-state index is 9.54. The van der Waals surface area contributed by atoms with Crippen molar-refractivity contribution in [2.24, 2.45) is 0 Å². The van der Waals surface area contributed by atoms with Gasteiger partial charge in [-0.1, -0.05) is 24.8 Å². The molecule has 1 saturated heterocycles. The molecule has 0 aromatic rings. The number of hydrogen-bond acceptors (Lipinski definition) is 2. The highest BCUT2D eigenvalue weighted by atomic mass is 16.6. The molecule has 0 aromatic heterocycles. The molecule has 12 heavy (non-hydrogen) atoms. The molecule has 2 heteroatoms. The zero-order valence-corrected chi connectivity index (χ0v) is 7.55. The number of epoxide rings is 1. The molecule has 0 bridgehead atoms. The molecule has 0 unspecified atom stereocenters. The summed E-state index contributed by atoms with van der Waals surface area (Å²) < 4.78 is 5.17. The minimum absolute atomic E-state index is 0.0686. The van der Waals surface area contributed by atoms with Gasteiger partial charge in [-0.2, -0.15) is 0 Å². The highest BCUT2D eigenvalue weighted by molar-refractivity contribution is 5.12. The average molecular weight is 168 g/mol. The molecule has 0 radical (unpaired) electrons. The molecule has 0 aliphatic carbocycles. The van der Waals surface area contributed by atoms with Crippen molar-refractivity contribution < 1.29 is 9.84 Å². The van der Waals surface area contributed by atoms with Gasteiger partial charge in [0.15, 0.2) is 0 Å². The van der Waals surface area contributed by atoms with Gasteiger partial charge < -0.3 is 9.84 Å². The van der Waals surface area contributed by atoms with Crippen LogP contribution in [0.1, 0.15) is 19.8 Å². The summed E-state index contributed by atoms with van der Waals surface area (Å²) in [5.74, 6) is 0. The molecule has 1 aliphatic heterocycles. The first-order valence-electron chi connectivity index (χ1n) is 4.18. The molecule has 1 heterocycles. The molecule has 0 amide bonds. The minimum atomic E-state index is -0.344. The molecule has 0 aromatic carbocycles. The monoisotopic (exact) mass is 168 g/mol. The fourth-order valence-electron chi connectivity index (χ4n) is 1.20. The van der Waals surface area contributed by atoms with Gasteiger partial charge >= 0.3 is 0 Å². The first-order chi connectivity index (χ1) is 5.56. The Bertz CT molecular complexity index is 192. The topological polar surface area (TPSA) is 32.8 Å². The summed E-state index contributed by atoms with van der Waals surface area (Å²) in [6.45, 7) is 10.1. The first kappa shape index (κ1) is 9.49. The standard InChI is InChI=1S/C10H16O2/c1-4-8(2)5-9(11)6-10(3)7-12-10/h4,9,11H,1-2,5-7H2,3H3/t9-,10-/m0/s1. The summed E-state index contributed by atoms with van der Waals surface area (Å²) in [7, 11) is 0. The molecule has 0 saturated carbocycles. The highest BCUT2D eigenvalue weighted by Gasteiger charge is 2.40. The Morgan fingerprint density at radius 3 is 2.83 bits per heavy atom. The van der Waals surface area contributed by atoms with Crippen LogP contribution in [-0.4, -0.2) is 23.4 Å². The second-order valence-corrected chi connectivity index (χ2v) is 3.66. The quantitative estimate of drug-likeness (QED) is 0.500. The summed E-state index contributed by atoms with van der Waals surface area (Å²) >= 11 is 0. The number of rotatable bonds is 5. The van der Waals surface area contributed by atoms with Crippen LogP contribution < -0.4 is 0 Å². The third kappa shape index (κ3) is 2.80. The fraction of sp³-hybridized carbons (Fsp3) is 0.600. The Morgan fingerprint density at radius 1 is 1.83 bits per heavy atom. The van der Waals surface area contributed by atoms with Crippen molar-refractivity contribution in [3.8, 4) is 0 Å². The maximum absolute atomic E-state index is 9.54. The summed E-state index contributed by atoms with van der Waals surface area (Å²) in [4.78, 5) is 0. The molecular formula is C10H16O2. The van der Waals surface area contributed by atoms with Crippen LogP contribution in [0.5, 0.6) is 0 Å². The lowest BCUT2D eigenvalue weighted by molar-refractivity contribution is 0.130. The van der Waals surface area contributed by atoms with Crippen LogP contribution in [-0.2, 0) is 4.74 Å². The van der Waals surface area contributed by atoms with Gasteiger partial charge in [0.1, 0.15) is 0 Å². The third-order valence-electron chi connectivity index (χ3n) is 2.09. The van der Waals surface area contributed by atoms with Gasteiger partial charge in [0.2, 0.25) is 0 Å². The SMILES string of the molecule is C=CC(=C)C[C@H](O)C[C@@]1(C)CO1. The summed E-state index contributed by atoms with van der Waals surface area (Å²) in [5, 5.41) is 9.54. The number of ether oxygens (including phenoxy) is 1. The van der Waals surface area contributed by atoms with E-state index in [9.17, 15) is 5.11 Å². The smallest absolute Gasteiger partial charge is 0.0913 e. The Balaban J connectivity index is 2.24. The van der Waals surface area contributed by atoms with Crippen molar-refractivity contribution in [2.75, 3.05) is 6.61 Å². The van der Waals surface area contributed by atoms with Crippen LogP contribution >= 0.6 is 0 Å². The predicted octanol–water partition coefficient (Wildman–Crippen LogP) is 1.66. The van der Waals surface area contributed by atoms with Crippen LogP contribution in [0.3, 0.4) is 0 Å². The maximum Gasteiger partial charge on any atom is 0.0913 e. The number of aliphatic hydroxyl groups excluding tert-OH is 1. The Hall–Kier alpha value is -0.600. The van der Waals surface area contributed by atoms with E-state index in [0.29, 0.717) is 12.8 Å². The first-order valence-corrected chi connectivity index (χ1v) is 4.18. The van der Waals surface area contributed by atoms with Crippen molar-refractivity contribution in [1.29, 1.82) is 0 Å². The summed E-state index contributed by atoms with van der Waals surface area (Å²) in [6, 6.07) is 0. The van der Waals surface area contributed by atoms with E-state index in [-0.39, 0.29) is 11.7 Å². The molecule has 1 N–H and O–H groups in total. The van der Waals surface area contributed by atoms with Crippen molar-refractivity contribution in [1.82, 2.24) is 0 Å². The Labute approximate surface area is 73.5 Å². The van der Waals surface area contributed by atoms with Gasteiger partial charge in [-0.3, -0.25) is 0 Å². The molecule has 1 aliphatic rings. The fourth-order valence-corrected chi connectivity index (χ4v) is 1.20. The summed E-state index contributed by atoms with van der Waals surface area (Å²) in [6.07, 6.45) is 2.63. The van der Waals surface area contributed by atoms with Crippen LogP contribution in [0.15, 0.2) is 24.8 Å². The van der Waals surface area contributed by atoms with Gasteiger partial charge in [-0.15, -0.1) is 0 Å². The zero-order valence-electron chi connectivity index (χ0n) is 7.55. The van der Waals surface area contributed by atoms with E-state index in [1.165, 1.54) is 0 Å². The molecule has 2 nitrogen and oxygen atoms in total. The van der Waals surface area contributed by atoms with E-state index in [1.807, 2.05) is 6.92 Å². The molecule has 1 rings (SSSR count). The molecule has 1 fully saturated rings. The highest BCUT2D eigenvalue weighted by Crippen LogP contribution is 2.32. The summed E-state index contributed by atoms with van der Waals surface area (Å²) in [5.41, 5.74) is 0.813. The van der Waals surface area contributed by atoms with Crippen LogP contribution in [0, 0.1) is 0 Å². The zero-order chi connectivity index (χ0) is 9.19. The molecule has 2 atom stereocenters. The van der Waals surface area contributed by atoms with Gasteiger partial charge in [-0.25, -0.2) is 0 Å². The van der Waals surface area contributed by atoms with Crippen LogP contribution in [0.4, 0.5) is 0 Å². The third-order valence-corrected chi connectivity index (χ3v) is 2.09. The largest absolute Gasteiger partial charge is 0.393 e. The average Bonchev–Trinajstić information content (AvgIpc) is 2.67. The van der Waals surface area contributed by atoms with Crippen molar-refractivity contribution in [2.45, 2.75) is 31.5 Å². The van der Waals surface area contributed by atoms with Gasteiger partial charge in [0.05, 0.1) is 18.3 Å². The second-order valence-electron chi connectivity index (χ2n) is 3.66. The Morgan fingerprint density at radius 2 is 2.42 bits per heavy atom. The van der Waals surface area contributed by atoms with Gasteiger partial charge in [0.25, 0.3) is 0 Å². The number of hydrogen-bond donors (Lipinski definition) is 1. The molecule has 0 spiro atoms. The van der Waals surface area contributed by atoms with Crippen molar-refractivity contribution in [3.05, 3.63) is 24.8 Å². The van der Waals surface area contributed by atoms with E-state index in [2.05, 4.69) is 13.2 Å². The molecular weight excluding hydrogens is 152 g/mol. The second kappa shape index (κ2) is 3.42. The molecule has 68 valence electrons. The lowest BCUT2D eigenvalue weighted by Crippen LogP contribution is -2.17. The van der Waals surface area contributed by atoms with Crippen LogP contribution in [0.2, 0.25) is 0 Å². The lowest BCUT2D eigenvalue weighted by atomic mass is 10.00. The van der Waals surface area contributed by atoms with E-state index < -0.39 is 0 Å². The van der Waals surface area contributed by atoms with E-state index in [1.54, 1.807) is 6.08 Å². The van der Waals surface area contributed by atoms with E-state index in [4.69, 9.17) is 4.74 Å². The Kier molecular flexibility index (Phi) is 2.70. The predicted molar refractivity (Wildman–Crippen MR) is 48.9 cm³/mol. The minimum Gasteiger partial charge on any atom is -0.393 e. The normalized spacial score (nSPS) is 29.5. The van der Waals surface area contributed by atoms with Crippen LogP contribution in [0.25, 0.3) is 0 Å². The van der Waals surface area contributed by atoms with E-state index in [0.717, 1.165) is 12.2 Å². The lowest BCUT2D eigenvalue weighted by Gasteiger charge is -2.12. The van der Waals surface area contributed by atoms with E-state index >= 15 is 0 Å². The van der Waals surface area contributed by atoms with Gasteiger partial charge in [-0.05, 0) is 13.3 Å². The van der Waals surface area contributed by atoms with Crippen molar-refractivity contribution in [3.63, 3.8) is 0 Å². The van der Waals surface area contributed by atoms with Crippen molar-refractivity contribution >= 4 is 0 Å².